The summed E-state index contributed by atoms with van der Waals surface area (Å²) >= 11 is 1.20. The molecule has 0 unspecified atom stereocenters. The smallest absolute Gasteiger partial charge is 0.253 e. The van der Waals surface area contributed by atoms with Crippen molar-refractivity contribution in [3.05, 3.63) is 24.0 Å². The Labute approximate surface area is 99.6 Å². The summed E-state index contributed by atoms with van der Waals surface area (Å²) in [7, 11) is 0. The van der Waals surface area contributed by atoms with Crippen molar-refractivity contribution < 1.29 is 4.74 Å². The van der Waals surface area contributed by atoms with E-state index in [4.69, 9.17) is 4.74 Å². The van der Waals surface area contributed by atoms with Crippen LogP contribution in [0.15, 0.2) is 18.4 Å². The number of allylic oxidation sites excluding steroid dienone is 2. The topological polar surface area (TPSA) is 38.3 Å². The molecule has 16 heavy (non-hydrogen) atoms. The van der Waals surface area contributed by atoms with Gasteiger partial charge in [0.2, 0.25) is 0 Å². The van der Waals surface area contributed by atoms with Crippen LogP contribution in [0.25, 0.3) is 5.57 Å². The molecule has 0 fully saturated rings. The fourth-order valence-electron chi connectivity index (χ4n) is 1.58. The van der Waals surface area contributed by atoms with Crippen LogP contribution in [-0.4, -0.2) is 33.3 Å². The average Bonchev–Trinajstić information content (AvgIpc) is 2.78. The molecular formula is C11H15N3OS. The van der Waals surface area contributed by atoms with E-state index in [1.165, 1.54) is 17.3 Å². The van der Waals surface area contributed by atoms with E-state index in [9.17, 15) is 0 Å². The minimum atomic E-state index is 0.624. The molecule has 1 aromatic rings. The number of ether oxygens (including phenoxy) is 1. The van der Waals surface area contributed by atoms with Crippen LogP contribution in [0.5, 0.6) is 5.88 Å². The van der Waals surface area contributed by atoms with Gasteiger partial charge in [-0.15, -0.1) is 4.37 Å². The molecule has 0 saturated carbocycles. The van der Waals surface area contributed by atoms with Gasteiger partial charge in [0, 0.05) is 18.7 Å². The molecule has 2 heterocycles. The summed E-state index contributed by atoms with van der Waals surface area (Å²) in [4.78, 5) is 2.23. The average molecular weight is 237 g/mol. The Kier molecular flexibility index (Phi) is 3.56. The molecule has 0 radical (unpaired) electrons. The van der Waals surface area contributed by atoms with Gasteiger partial charge in [-0.2, -0.15) is 4.37 Å². The van der Waals surface area contributed by atoms with Crippen molar-refractivity contribution >= 4 is 17.3 Å². The quantitative estimate of drug-likeness (QED) is 0.804. The normalized spacial score (nSPS) is 15.1. The number of hydrogen-bond acceptors (Lipinski definition) is 5. The Morgan fingerprint density at radius 3 is 3.06 bits per heavy atom. The predicted molar refractivity (Wildman–Crippen MR) is 65.4 cm³/mol. The second-order valence-electron chi connectivity index (χ2n) is 3.45. The second-order valence-corrected chi connectivity index (χ2v) is 3.98. The Hall–Kier alpha value is -1.36. The fourth-order valence-corrected chi connectivity index (χ4v) is 2.12. The Balaban J connectivity index is 2.20. The summed E-state index contributed by atoms with van der Waals surface area (Å²) in [6.45, 7) is 6.58. The summed E-state index contributed by atoms with van der Waals surface area (Å²) in [5, 5.41) is 0. The Morgan fingerprint density at radius 2 is 2.31 bits per heavy atom. The third-order valence-electron chi connectivity index (χ3n) is 2.42. The summed E-state index contributed by atoms with van der Waals surface area (Å²) in [5.41, 5.74) is 2.05. The second kappa shape index (κ2) is 5.12. The minimum Gasteiger partial charge on any atom is -0.476 e. The zero-order chi connectivity index (χ0) is 11.4. The van der Waals surface area contributed by atoms with Crippen LogP contribution in [0.3, 0.4) is 0 Å². The highest BCUT2D eigenvalue weighted by Crippen LogP contribution is 2.26. The number of likely N-dealkylation sites (N-methyl/N-ethyl adjacent to an activating group) is 1. The van der Waals surface area contributed by atoms with Crippen LogP contribution in [-0.2, 0) is 0 Å². The lowest BCUT2D eigenvalue weighted by atomic mass is 10.1. The lowest BCUT2D eigenvalue weighted by molar-refractivity contribution is 0.328. The minimum absolute atomic E-state index is 0.624. The number of hydrogen-bond donors (Lipinski definition) is 0. The standard InChI is InChI=1S/C11H15N3OS/c1-3-14-7-5-6-9(8-14)10-11(15-4-2)13-16-12-10/h5-7H,3-4,8H2,1-2H3. The highest BCUT2D eigenvalue weighted by Gasteiger charge is 2.16. The van der Waals surface area contributed by atoms with Gasteiger partial charge >= 0.3 is 0 Å². The van der Waals surface area contributed by atoms with Crippen molar-refractivity contribution in [3.8, 4) is 5.88 Å². The Morgan fingerprint density at radius 1 is 1.44 bits per heavy atom. The summed E-state index contributed by atoms with van der Waals surface area (Å²) < 4.78 is 13.9. The van der Waals surface area contributed by atoms with Crippen molar-refractivity contribution in [1.82, 2.24) is 13.6 Å². The fraction of sp³-hybridized carbons (Fsp3) is 0.455. The van der Waals surface area contributed by atoms with E-state index in [-0.39, 0.29) is 0 Å². The summed E-state index contributed by atoms with van der Waals surface area (Å²) in [6.07, 6.45) is 6.20. The third-order valence-corrected chi connectivity index (χ3v) is 2.93. The molecule has 1 aliphatic heterocycles. The number of aromatic nitrogens is 2. The van der Waals surface area contributed by atoms with Gasteiger partial charge in [0.15, 0.2) is 0 Å². The van der Waals surface area contributed by atoms with Gasteiger partial charge in [-0.25, -0.2) is 0 Å². The maximum atomic E-state index is 5.45. The van der Waals surface area contributed by atoms with E-state index in [1.807, 2.05) is 13.0 Å². The molecule has 0 saturated heterocycles. The lowest BCUT2D eigenvalue weighted by Gasteiger charge is -2.22. The van der Waals surface area contributed by atoms with Gasteiger partial charge in [0.05, 0.1) is 18.3 Å². The van der Waals surface area contributed by atoms with Gasteiger partial charge < -0.3 is 9.64 Å². The molecule has 0 aliphatic carbocycles. The third kappa shape index (κ3) is 2.24. The van der Waals surface area contributed by atoms with E-state index >= 15 is 0 Å². The van der Waals surface area contributed by atoms with Gasteiger partial charge in [-0.05, 0) is 26.1 Å². The molecule has 1 aromatic heterocycles. The molecule has 86 valence electrons. The lowest BCUT2D eigenvalue weighted by Crippen LogP contribution is -2.21. The van der Waals surface area contributed by atoms with Crippen LogP contribution in [0.4, 0.5) is 0 Å². The van der Waals surface area contributed by atoms with Crippen LogP contribution < -0.4 is 4.74 Å². The molecular weight excluding hydrogens is 222 g/mol. The number of rotatable bonds is 4. The van der Waals surface area contributed by atoms with E-state index in [0.717, 1.165) is 18.8 Å². The van der Waals surface area contributed by atoms with Crippen molar-refractivity contribution in [1.29, 1.82) is 0 Å². The molecule has 0 amide bonds. The molecule has 0 bridgehead atoms. The number of nitrogens with zero attached hydrogens (tertiary/aromatic N) is 3. The van der Waals surface area contributed by atoms with Crippen LogP contribution in [0, 0.1) is 0 Å². The molecule has 0 aromatic carbocycles. The van der Waals surface area contributed by atoms with E-state index in [0.29, 0.717) is 12.5 Å². The van der Waals surface area contributed by atoms with Crippen LogP contribution in [0.2, 0.25) is 0 Å². The van der Waals surface area contributed by atoms with Crippen molar-refractivity contribution in [3.63, 3.8) is 0 Å². The highest BCUT2D eigenvalue weighted by atomic mass is 32.1. The first-order valence-corrected chi connectivity index (χ1v) is 6.15. The molecule has 4 nitrogen and oxygen atoms in total. The molecule has 5 heteroatoms. The zero-order valence-electron chi connectivity index (χ0n) is 9.51. The molecule has 0 spiro atoms. The zero-order valence-corrected chi connectivity index (χ0v) is 10.3. The van der Waals surface area contributed by atoms with E-state index in [2.05, 4.69) is 32.8 Å². The monoisotopic (exact) mass is 237 g/mol. The first-order chi connectivity index (χ1) is 7.85. The highest BCUT2D eigenvalue weighted by molar-refractivity contribution is 6.99. The van der Waals surface area contributed by atoms with Crippen molar-refractivity contribution in [2.24, 2.45) is 0 Å². The van der Waals surface area contributed by atoms with Crippen molar-refractivity contribution in [2.45, 2.75) is 13.8 Å². The maximum Gasteiger partial charge on any atom is 0.253 e. The van der Waals surface area contributed by atoms with Gasteiger partial charge in [0.25, 0.3) is 5.88 Å². The summed E-state index contributed by atoms with van der Waals surface area (Å²) in [5.74, 6) is 0.658. The van der Waals surface area contributed by atoms with Gasteiger partial charge in [0.1, 0.15) is 5.69 Å². The summed E-state index contributed by atoms with van der Waals surface area (Å²) in [6, 6.07) is 0. The first-order valence-electron chi connectivity index (χ1n) is 5.42. The molecule has 0 N–H and O–H groups in total. The maximum absolute atomic E-state index is 5.45. The Bertz CT molecular complexity index is 411. The first kappa shape index (κ1) is 11.1. The largest absolute Gasteiger partial charge is 0.476 e. The predicted octanol–water partition coefficient (Wildman–Crippen LogP) is 2.17. The van der Waals surface area contributed by atoms with E-state index < -0.39 is 0 Å². The molecule has 0 atom stereocenters. The SMILES string of the molecule is CCOc1nsnc1C1=CC=CN(CC)C1. The van der Waals surface area contributed by atoms with Gasteiger partial charge in [-0.3, -0.25) is 0 Å². The van der Waals surface area contributed by atoms with Crippen LogP contribution >= 0.6 is 11.7 Å². The van der Waals surface area contributed by atoms with E-state index in [1.54, 1.807) is 0 Å². The molecule has 2 rings (SSSR count). The van der Waals surface area contributed by atoms with Gasteiger partial charge in [-0.1, -0.05) is 6.08 Å². The van der Waals surface area contributed by atoms with Crippen molar-refractivity contribution in [2.75, 3.05) is 19.7 Å². The van der Waals surface area contributed by atoms with Crippen LogP contribution in [0.1, 0.15) is 19.5 Å². The molecule has 1 aliphatic rings.